The van der Waals surface area contributed by atoms with Gasteiger partial charge in [-0.3, -0.25) is 4.90 Å². The SMILES string of the molecule is N#CC(C1CC1)C1CN(Cc2ccccc2)C1. The summed E-state index contributed by atoms with van der Waals surface area (Å²) in [4.78, 5) is 2.45. The van der Waals surface area contributed by atoms with Gasteiger partial charge in [0, 0.05) is 25.6 Å². The Hall–Kier alpha value is -1.33. The van der Waals surface area contributed by atoms with Crippen LogP contribution in [0.15, 0.2) is 30.3 Å². The molecule has 2 aliphatic rings. The molecular weight excluding hydrogens is 208 g/mol. The number of likely N-dealkylation sites (tertiary alicyclic amines) is 1. The van der Waals surface area contributed by atoms with Gasteiger partial charge in [-0.15, -0.1) is 0 Å². The van der Waals surface area contributed by atoms with Crippen molar-refractivity contribution in [2.75, 3.05) is 13.1 Å². The van der Waals surface area contributed by atoms with Crippen LogP contribution >= 0.6 is 0 Å². The van der Waals surface area contributed by atoms with Crippen LogP contribution in [0.2, 0.25) is 0 Å². The number of nitriles is 1. The van der Waals surface area contributed by atoms with Gasteiger partial charge in [-0.05, 0) is 24.3 Å². The molecule has 1 aliphatic carbocycles. The third kappa shape index (κ3) is 2.35. The highest BCUT2D eigenvalue weighted by molar-refractivity contribution is 5.15. The average molecular weight is 226 g/mol. The highest BCUT2D eigenvalue weighted by Crippen LogP contribution is 2.42. The van der Waals surface area contributed by atoms with Crippen LogP contribution in [-0.2, 0) is 6.54 Å². The molecule has 1 saturated carbocycles. The second-order valence-corrected chi connectivity index (χ2v) is 5.43. The van der Waals surface area contributed by atoms with E-state index in [1.54, 1.807) is 0 Å². The Morgan fingerprint density at radius 2 is 1.88 bits per heavy atom. The van der Waals surface area contributed by atoms with Crippen molar-refractivity contribution in [2.45, 2.75) is 19.4 Å². The number of rotatable bonds is 4. The fraction of sp³-hybridized carbons (Fsp3) is 0.533. The minimum absolute atomic E-state index is 0.335. The lowest BCUT2D eigenvalue weighted by atomic mass is 9.83. The number of nitrogens with zero attached hydrogens (tertiary/aromatic N) is 2. The summed E-state index contributed by atoms with van der Waals surface area (Å²) in [7, 11) is 0. The van der Waals surface area contributed by atoms with Crippen molar-refractivity contribution < 1.29 is 0 Å². The Bertz CT molecular complexity index is 410. The van der Waals surface area contributed by atoms with Crippen LogP contribution in [0, 0.1) is 29.1 Å². The Morgan fingerprint density at radius 3 is 2.47 bits per heavy atom. The highest BCUT2D eigenvalue weighted by atomic mass is 15.2. The summed E-state index contributed by atoms with van der Waals surface area (Å²) in [6, 6.07) is 13.1. The van der Waals surface area contributed by atoms with E-state index in [9.17, 15) is 5.26 Å². The maximum atomic E-state index is 9.18. The average Bonchev–Trinajstić information content (AvgIpc) is 3.12. The van der Waals surface area contributed by atoms with E-state index in [-0.39, 0.29) is 0 Å². The van der Waals surface area contributed by atoms with Crippen molar-refractivity contribution in [3.63, 3.8) is 0 Å². The normalized spacial score (nSPS) is 22.8. The first-order chi connectivity index (χ1) is 8.36. The Morgan fingerprint density at radius 1 is 1.18 bits per heavy atom. The molecule has 1 aromatic carbocycles. The number of benzene rings is 1. The monoisotopic (exact) mass is 226 g/mol. The summed E-state index contributed by atoms with van der Waals surface area (Å²) in [6.45, 7) is 3.27. The van der Waals surface area contributed by atoms with E-state index >= 15 is 0 Å². The van der Waals surface area contributed by atoms with Gasteiger partial charge in [-0.1, -0.05) is 30.3 Å². The van der Waals surface area contributed by atoms with Gasteiger partial charge in [0.15, 0.2) is 0 Å². The molecule has 2 heteroatoms. The molecule has 0 aromatic heterocycles. The lowest BCUT2D eigenvalue weighted by molar-refractivity contribution is 0.0603. The first-order valence-electron chi connectivity index (χ1n) is 6.52. The fourth-order valence-corrected chi connectivity index (χ4v) is 2.86. The van der Waals surface area contributed by atoms with E-state index in [0.29, 0.717) is 11.8 Å². The molecule has 17 heavy (non-hydrogen) atoms. The quantitative estimate of drug-likeness (QED) is 0.789. The van der Waals surface area contributed by atoms with Gasteiger partial charge >= 0.3 is 0 Å². The van der Waals surface area contributed by atoms with Crippen molar-refractivity contribution >= 4 is 0 Å². The van der Waals surface area contributed by atoms with Crippen molar-refractivity contribution in [3.05, 3.63) is 35.9 Å². The summed E-state index contributed by atoms with van der Waals surface area (Å²) < 4.78 is 0. The third-order valence-electron chi connectivity index (χ3n) is 4.02. The Balaban J connectivity index is 1.50. The topological polar surface area (TPSA) is 27.0 Å². The third-order valence-corrected chi connectivity index (χ3v) is 4.02. The van der Waals surface area contributed by atoms with E-state index in [1.807, 2.05) is 0 Å². The minimum Gasteiger partial charge on any atom is -0.298 e. The minimum atomic E-state index is 0.335. The summed E-state index contributed by atoms with van der Waals surface area (Å²) >= 11 is 0. The van der Waals surface area contributed by atoms with Crippen LogP contribution in [0.25, 0.3) is 0 Å². The van der Waals surface area contributed by atoms with Crippen LogP contribution in [0.1, 0.15) is 18.4 Å². The molecule has 1 aliphatic heterocycles. The van der Waals surface area contributed by atoms with Crippen LogP contribution in [0.5, 0.6) is 0 Å². The second kappa shape index (κ2) is 4.50. The molecule has 0 N–H and O–H groups in total. The molecule has 1 unspecified atom stereocenters. The molecule has 1 atom stereocenters. The first-order valence-corrected chi connectivity index (χ1v) is 6.52. The van der Waals surface area contributed by atoms with Crippen molar-refractivity contribution in [2.24, 2.45) is 17.8 Å². The van der Waals surface area contributed by atoms with Gasteiger partial charge in [0.05, 0.1) is 12.0 Å². The molecule has 2 nitrogen and oxygen atoms in total. The summed E-state index contributed by atoms with van der Waals surface area (Å²) in [6.07, 6.45) is 2.57. The summed E-state index contributed by atoms with van der Waals surface area (Å²) in [5.74, 6) is 1.70. The van der Waals surface area contributed by atoms with Crippen LogP contribution in [-0.4, -0.2) is 18.0 Å². The molecule has 88 valence electrons. The van der Waals surface area contributed by atoms with Gasteiger partial charge in [0.2, 0.25) is 0 Å². The van der Waals surface area contributed by atoms with Gasteiger partial charge < -0.3 is 0 Å². The zero-order valence-corrected chi connectivity index (χ0v) is 10.0. The van der Waals surface area contributed by atoms with E-state index in [1.165, 1.54) is 18.4 Å². The van der Waals surface area contributed by atoms with E-state index in [0.717, 1.165) is 25.6 Å². The van der Waals surface area contributed by atoms with Gasteiger partial charge in [-0.2, -0.15) is 5.26 Å². The lowest BCUT2D eigenvalue weighted by Gasteiger charge is -2.41. The molecule has 1 saturated heterocycles. The van der Waals surface area contributed by atoms with Crippen LogP contribution < -0.4 is 0 Å². The second-order valence-electron chi connectivity index (χ2n) is 5.43. The molecule has 0 bridgehead atoms. The van der Waals surface area contributed by atoms with Gasteiger partial charge in [0.1, 0.15) is 0 Å². The number of hydrogen-bond acceptors (Lipinski definition) is 2. The Labute approximate surface area is 103 Å². The van der Waals surface area contributed by atoms with Crippen LogP contribution in [0.3, 0.4) is 0 Å². The molecule has 1 aromatic rings. The zero-order valence-electron chi connectivity index (χ0n) is 10.0. The van der Waals surface area contributed by atoms with Crippen molar-refractivity contribution in [1.29, 1.82) is 5.26 Å². The molecular formula is C15H18N2. The lowest BCUT2D eigenvalue weighted by Crippen LogP contribution is -2.49. The standard InChI is InChI=1S/C15H18N2/c16-8-15(13-6-7-13)14-10-17(11-14)9-12-4-2-1-3-5-12/h1-5,13-15H,6-7,9-11H2. The van der Waals surface area contributed by atoms with Gasteiger partial charge in [-0.25, -0.2) is 0 Å². The van der Waals surface area contributed by atoms with Crippen molar-refractivity contribution in [3.8, 4) is 6.07 Å². The largest absolute Gasteiger partial charge is 0.298 e. The highest BCUT2D eigenvalue weighted by Gasteiger charge is 2.41. The van der Waals surface area contributed by atoms with E-state index in [2.05, 4.69) is 41.3 Å². The predicted molar refractivity (Wildman–Crippen MR) is 67.0 cm³/mol. The van der Waals surface area contributed by atoms with E-state index < -0.39 is 0 Å². The molecule has 0 spiro atoms. The van der Waals surface area contributed by atoms with Gasteiger partial charge in [0.25, 0.3) is 0 Å². The maximum Gasteiger partial charge on any atom is 0.0662 e. The molecule has 1 heterocycles. The first kappa shape index (κ1) is 10.8. The Kier molecular flexibility index (Phi) is 2.86. The number of hydrogen-bond donors (Lipinski definition) is 0. The van der Waals surface area contributed by atoms with Crippen molar-refractivity contribution in [1.82, 2.24) is 4.90 Å². The van der Waals surface area contributed by atoms with Crippen LogP contribution in [0.4, 0.5) is 0 Å². The summed E-state index contributed by atoms with van der Waals surface area (Å²) in [5.41, 5.74) is 1.38. The molecule has 2 fully saturated rings. The maximum absolute atomic E-state index is 9.18. The molecule has 3 rings (SSSR count). The molecule has 0 radical (unpaired) electrons. The fourth-order valence-electron chi connectivity index (χ4n) is 2.86. The predicted octanol–water partition coefficient (Wildman–Crippen LogP) is 2.67. The summed E-state index contributed by atoms with van der Waals surface area (Å²) in [5, 5.41) is 9.18. The smallest absolute Gasteiger partial charge is 0.0662 e. The molecule has 0 amide bonds. The zero-order chi connectivity index (χ0) is 11.7. The van der Waals surface area contributed by atoms with E-state index in [4.69, 9.17) is 0 Å².